The van der Waals surface area contributed by atoms with Crippen molar-refractivity contribution in [1.29, 1.82) is 0 Å². The fourth-order valence-corrected chi connectivity index (χ4v) is 3.26. The van der Waals surface area contributed by atoms with Gasteiger partial charge in [0.25, 0.3) is 0 Å². The van der Waals surface area contributed by atoms with Crippen molar-refractivity contribution in [3.63, 3.8) is 0 Å². The van der Waals surface area contributed by atoms with Crippen LogP contribution in [0, 0.1) is 5.92 Å². The number of likely N-dealkylation sites (tertiary alicyclic amines) is 1. The highest BCUT2D eigenvalue weighted by Gasteiger charge is 2.17. The highest BCUT2D eigenvalue weighted by molar-refractivity contribution is 14.0. The van der Waals surface area contributed by atoms with Gasteiger partial charge in [-0.1, -0.05) is 13.3 Å². The summed E-state index contributed by atoms with van der Waals surface area (Å²) in [6.45, 7) is 9.80. The third kappa shape index (κ3) is 8.40. The Balaban J connectivity index is 0.00000312. The molecule has 6 nitrogen and oxygen atoms in total. The Bertz CT molecular complexity index is 476. The van der Waals surface area contributed by atoms with Gasteiger partial charge in [0, 0.05) is 51.7 Å². The van der Waals surface area contributed by atoms with E-state index in [1.165, 1.54) is 32.4 Å². The van der Waals surface area contributed by atoms with Crippen LogP contribution < -0.4 is 10.6 Å². The van der Waals surface area contributed by atoms with E-state index < -0.39 is 0 Å². The lowest BCUT2D eigenvalue weighted by Gasteiger charge is -2.33. The molecular formula is C18H35IN6. The topological polar surface area (TPSA) is 57.5 Å². The zero-order valence-electron chi connectivity index (χ0n) is 15.9. The van der Waals surface area contributed by atoms with Gasteiger partial charge in [-0.3, -0.25) is 9.67 Å². The van der Waals surface area contributed by atoms with Crippen molar-refractivity contribution in [3.05, 3.63) is 18.5 Å². The summed E-state index contributed by atoms with van der Waals surface area (Å²) in [5.41, 5.74) is 0. The maximum absolute atomic E-state index is 4.31. The number of nitrogens with one attached hydrogen (secondary N) is 2. The molecule has 0 aromatic carbocycles. The molecule has 2 heterocycles. The minimum Gasteiger partial charge on any atom is -0.356 e. The van der Waals surface area contributed by atoms with Crippen molar-refractivity contribution in [3.8, 4) is 0 Å². The van der Waals surface area contributed by atoms with Crippen molar-refractivity contribution in [2.75, 3.05) is 33.2 Å². The van der Waals surface area contributed by atoms with E-state index >= 15 is 0 Å². The van der Waals surface area contributed by atoms with E-state index in [1.807, 2.05) is 30.2 Å². The van der Waals surface area contributed by atoms with Crippen LogP contribution in [0.1, 0.15) is 39.5 Å². The Hall–Kier alpha value is -0.830. The van der Waals surface area contributed by atoms with Crippen LogP contribution in [0.4, 0.5) is 0 Å². The van der Waals surface area contributed by atoms with Crippen molar-refractivity contribution in [2.45, 2.75) is 52.1 Å². The van der Waals surface area contributed by atoms with Gasteiger partial charge in [0.2, 0.25) is 0 Å². The Morgan fingerprint density at radius 1 is 1.36 bits per heavy atom. The van der Waals surface area contributed by atoms with Gasteiger partial charge in [0.05, 0.1) is 0 Å². The highest BCUT2D eigenvalue weighted by Crippen LogP contribution is 2.15. The fraction of sp³-hybridized carbons (Fsp3) is 0.778. The smallest absolute Gasteiger partial charge is 0.190 e. The van der Waals surface area contributed by atoms with Crippen LogP contribution in [0.5, 0.6) is 0 Å². The second-order valence-electron chi connectivity index (χ2n) is 6.95. The van der Waals surface area contributed by atoms with Crippen molar-refractivity contribution < 1.29 is 0 Å². The zero-order chi connectivity index (χ0) is 17.2. The van der Waals surface area contributed by atoms with Gasteiger partial charge >= 0.3 is 0 Å². The third-order valence-electron chi connectivity index (χ3n) is 4.75. The molecule has 0 saturated carbocycles. The molecule has 25 heavy (non-hydrogen) atoms. The molecule has 7 heteroatoms. The number of hydrogen-bond acceptors (Lipinski definition) is 3. The number of aromatic nitrogens is 2. The Morgan fingerprint density at radius 3 is 2.88 bits per heavy atom. The lowest BCUT2D eigenvalue weighted by Crippen LogP contribution is -2.42. The number of guanidine groups is 1. The van der Waals surface area contributed by atoms with E-state index in [4.69, 9.17) is 0 Å². The van der Waals surface area contributed by atoms with Gasteiger partial charge in [-0.05, 0) is 44.7 Å². The third-order valence-corrected chi connectivity index (χ3v) is 4.75. The molecule has 0 amide bonds. The van der Waals surface area contributed by atoms with Gasteiger partial charge in [0.15, 0.2) is 5.96 Å². The van der Waals surface area contributed by atoms with Gasteiger partial charge in [-0.25, -0.2) is 0 Å². The lowest BCUT2D eigenvalue weighted by molar-refractivity contribution is 0.159. The van der Waals surface area contributed by atoms with E-state index in [1.54, 1.807) is 0 Å². The summed E-state index contributed by atoms with van der Waals surface area (Å²) in [5, 5.41) is 11.1. The number of nitrogens with zero attached hydrogens (tertiary/aromatic N) is 4. The predicted octanol–water partition coefficient (Wildman–Crippen LogP) is 2.57. The fourth-order valence-electron chi connectivity index (χ4n) is 3.26. The first-order chi connectivity index (χ1) is 11.7. The normalized spacial score (nSPS) is 20.0. The quantitative estimate of drug-likeness (QED) is 0.270. The van der Waals surface area contributed by atoms with Crippen molar-refractivity contribution >= 4 is 29.9 Å². The van der Waals surface area contributed by atoms with Gasteiger partial charge in [-0.15, -0.1) is 24.0 Å². The maximum Gasteiger partial charge on any atom is 0.190 e. The Morgan fingerprint density at radius 2 is 2.20 bits per heavy atom. The van der Waals surface area contributed by atoms with Crippen LogP contribution in [0.3, 0.4) is 0 Å². The molecule has 2 atom stereocenters. The molecule has 1 saturated heterocycles. The SMILES string of the molecule is CN=C(NCCCN1CCCCC1C)NCC(C)Cn1cccn1.I. The molecule has 1 aromatic heterocycles. The monoisotopic (exact) mass is 462 g/mol. The Kier molecular flexibility index (Phi) is 11.1. The first kappa shape index (κ1) is 22.2. The zero-order valence-corrected chi connectivity index (χ0v) is 18.3. The predicted molar refractivity (Wildman–Crippen MR) is 116 cm³/mol. The number of aliphatic imine (C=N–C) groups is 1. The molecule has 1 fully saturated rings. The molecule has 2 unspecified atom stereocenters. The summed E-state index contributed by atoms with van der Waals surface area (Å²) in [5.74, 6) is 1.40. The average Bonchev–Trinajstić information content (AvgIpc) is 3.08. The number of hydrogen-bond donors (Lipinski definition) is 2. The molecule has 0 bridgehead atoms. The van der Waals surface area contributed by atoms with Crippen LogP contribution >= 0.6 is 24.0 Å². The number of rotatable bonds is 8. The summed E-state index contributed by atoms with van der Waals surface area (Å²) in [6, 6.07) is 2.71. The Labute approximate surface area is 169 Å². The van der Waals surface area contributed by atoms with E-state index in [-0.39, 0.29) is 24.0 Å². The molecule has 2 N–H and O–H groups in total. The van der Waals surface area contributed by atoms with E-state index in [0.717, 1.165) is 38.1 Å². The maximum atomic E-state index is 4.31. The van der Waals surface area contributed by atoms with Crippen LogP contribution in [0.2, 0.25) is 0 Å². The summed E-state index contributed by atoms with van der Waals surface area (Å²) in [4.78, 5) is 6.93. The second-order valence-corrected chi connectivity index (χ2v) is 6.95. The minimum atomic E-state index is 0. The van der Waals surface area contributed by atoms with Gasteiger partial charge < -0.3 is 15.5 Å². The average molecular weight is 462 g/mol. The van der Waals surface area contributed by atoms with Crippen LogP contribution in [0.25, 0.3) is 0 Å². The first-order valence-corrected chi connectivity index (χ1v) is 9.35. The standard InChI is InChI=1S/C18H34N6.HI/c1-16(15-24-13-7-10-22-24)14-21-18(19-3)20-9-6-12-23-11-5-4-8-17(23)2;/h7,10,13,16-17H,4-6,8-9,11-12,14-15H2,1-3H3,(H2,19,20,21);1H. The van der Waals surface area contributed by atoms with Gasteiger partial charge in [-0.2, -0.15) is 5.10 Å². The minimum absolute atomic E-state index is 0. The molecule has 2 rings (SSSR count). The summed E-state index contributed by atoms with van der Waals surface area (Å²) in [7, 11) is 1.83. The molecule has 144 valence electrons. The molecule has 1 aromatic rings. The molecule has 1 aliphatic rings. The summed E-state index contributed by atoms with van der Waals surface area (Å²) in [6.07, 6.45) is 9.09. The van der Waals surface area contributed by atoms with Crippen LogP contribution in [0.15, 0.2) is 23.5 Å². The lowest BCUT2D eigenvalue weighted by atomic mass is 10.0. The van der Waals surface area contributed by atoms with E-state index in [0.29, 0.717) is 5.92 Å². The van der Waals surface area contributed by atoms with Crippen molar-refractivity contribution in [2.24, 2.45) is 10.9 Å². The summed E-state index contributed by atoms with van der Waals surface area (Å²) >= 11 is 0. The number of piperidine rings is 1. The van der Waals surface area contributed by atoms with Crippen LogP contribution in [-0.4, -0.2) is 59.9 Å². The molecule has 0 radical (unpaired) electrons. The summed E-state index contributed by atoms with van der Waals surface area (Å²) < 4.78 is 1.97. The number of halogens is 1. The first-order valence-electron chi connectivity index (χ1n) is 9.35. The largest absolute Gasteiger partial charge is 0.356 e. The second kappa shape index (κ2) is 12.5. The molecular weight excluding hydrogens is 427 g/mol. The highest BCUT2D eigenvalue weighted by atomic mass is 127. The van der Waals surface area contributed by atoms with E-state index in [2.05, 4.69) is 39.5 Å². The van der Waals surface area contributed by atoms with Crippen LogP contribution in [-0.2, 0) is 6.54 Å². The molecule has 1 aliphatic heterocycles. The van der Waals surface area contributed by atoms with E-state index in [9.17, 15) is 0 Å². The van der Waals surface area contributed by atoms with Crippen molar-refractivity contribution in [1.82, 2.24) is 25.3 Å². The van der Waals surface area contributed by atoms with Gasteiger partial charge in [0.1, 0.15) is 0 Å². The molecule has 0 aliphatic carbocycles. The molecule has 0 spiro atoms.